The lowest BCUT2D eigenvalue weighted by atomic mass is 9.65. The number of rotatable bonds is 6. The van der Waals surface area contributed by atoms with Crippen LogP contribution in [-0.2, 0) is 5.41 Å². The van der Waals surface area contributed by atoms with Crippen molar-refractivity contribution in [3.63, 3.8) is 0 Å². The Hall–Kier alpha value is -8.76. The number of anilines is 3. The van der Waals surface area contributed by atoms with E-state index in [1.807, 2.05) is 11.3 Å². The molecule has 326 valence electrons. The minimum Gasteiger partial charge on any atom is -0.309 e. The smallest absolute Gasteiger partial charge is 0.0755 e. The standard InChI is InChI=1S/C67H42N2S/c1-2-19-43(20-3-1)46-21-4-5-22-48(46)49-23-7-12-33-58(49)68(45-41-39-44(40-42-45)47-27-17-38-63-64(47)53-26-9-15-37-62(53)70-63)61-36-18-31-56-65(61)52-25-6-10-29-54(52)67(56)55-30-11-14-35-60(55)69-59-34-13-8-24-50(59)51-28-16-32-57(67)66(51)69/h1-42H. The van der Waals surface area contributed by atoms with Crippen molar-refractivity contribution < 1.29 is 0 Å². The zero-order valence-electron chi connectivity index (χ0n) is 38.1. The van der Waals surface area contributed by atoms with Crippen LogP contribution in [0.3, 0.4) is 0 Å². The van der Waals surface area contributed by atoms with E-state index in [0.717, 1.165) is 22.6 Å². The molecule has 3 heteroatoms. The molecule has 13 aromatic rings. The van der Waals surface area contributed by atoms with Gasteiger partial charge in [-0.25, -0.2) is 0 Å². The van der Waals surface area contributed by atoms with Gasteiger partial charge in [0.05, 0.1) is 33.5 Å². The second kappa shape index (κ2) is 15.1. The summed E-state index contributed by atoms with van der Waals surface area (Å²) >= 11 is 1.87. The highest BCUT2D eigenvalue weighted by Gasteiger charge is 2.51. The molecule has 11 aromatic carbocycles. The van der Waals surface area contributed by atoms with E-state index < -0.39 is 5.41 Å². The van der Waals surface area contributed by atoms with Crippen LogP contribution in [0.15, 0.2) is 255 Å². The highest BCUT2D eigenvalue weighted by atomic mass is 32.1. The summed E-state index contributed by atoms with van der Waals surface area (Å²) in [5.74, 6) is 0. The van der Waals surface area contributed by atoms with Crippen LogP contribution in [0.5, 0.6) is 0 Å². The van der Waals surface area contributed by atoms with Gasteiger partial charge in [0, 0.05) is 47.8 Å². The van der Waals surface area contributed by atoms with Crippen molar-refractivity contribution in [2.45, 2.75) is 5.41 Å². The number of para-hydroxylation sites is 4. The predicted molar refractivity (Wildman–Crippen MR) is 296 cm³/mol. The van der Waals surface area contributed by atoms with Crippen LogP contribution >= 0.6 is 11.3 Å². The highest BCUT2D eigenvalue weighted by Crippen LogP contribution is 2.63. The van der Waals surface area contributed by atoms with Crippen LogP contribution in [0.1, 0.15) is 22.3 Å². The largest absolute Gasteiger partial charge is 0.309 e. The number of hydrogen-bond acceptors (Lipinski definition) is 2. The molecule has 70 heavy (non-hydrogen) atoms. The SMILES string of the molecule is c1ccc(-c2ccccc2-c2ccccc2N(c2ccc(-c3cccc4sc5ccccc5c34)cc2)c2cccc3c2-c2ccccc2C32c3ccccc3-n3c4ccccc4c4cccc2c43)cc1. The maximum absolute atomic E-state index is 2.54. The fourth-order valence-electron chi connectivity index (χ4n) is 12.5. The third-order valence-electron chi connectivity index (χ3n) is 15.2. The van der Waals surface area contributed by atoms with Gasteiger partial charge in [-0.15, -0.1) is 11.3 Å². The number of thiophene rings is 1. The molecule has 15 rings (SSSR count). The lowest BCUT2D eigenvalue weighted by molar-refractivity contribution is 0.748. The number of aromatic nitrogens is 1. The molecule has 3 heterocycles. The normalized spacial score (nSPS) is 14.3. The lowest BCUT2D eigenvalue weighted by Gasteiger charge is -2.39. The molecule has 0 bridgehead atoms. The van der Waals surface area contributed by atoms with Crippen LogP contribution in [-0.4, -0.2) is 4.57 Å². The molecule has 0 amide bonds. The van der Waals surface area contributed by atoms with Crippen LogP contribution in [0.2, 0.25) is 0 Å². The number of hydrogen-bond donors (Lipinski definition) is 0. The van der Waals surface area contributed by atoms with Crippen molar-refractivity contribution in [2.75, 3.05) is 4.90 Å². The Morgan fingerprint density at radius 2 is 0.914 bits per heavy atom. The van der Waals surface area contributed by atoms with Crippen molar-refractivity contribution in [1.29, 1.82) is 0 Å². The zero-order chi connectivity index (χ0) is 45.9. The molecule has 2 aromatic heterocycles. The van der Waals surface area contributed by atoms with E-state index in [2.05, 4.69) is 264 Å². The summed E-state index contributed by atoms with van der Waals surface area (Å²) in [6.45, 7) is 0. The van der Waals surface area contributed by atoms with E-state index in [1.54, 1.807) is 0 Å². The molecule has 2 nitrogen and oxygen atoms in total. The third kappa shape index (κ3) is 5.38. The number of benzene rings is 11. The molecular weight excluding hydrogens is 865 g/mol. The van der Waals surface area contributed by atoms with Gasteiger partial charge in [0.25, 0.3) is 0 Å². The van der Waals surface area contributed by atoms with Crippen LogP contribution < -0.4 is 4.90 Å². The average Bonchev–Trinajstić information content (AvgIpc) is 4.09. The van der Waals surface area contributed by atoms with E-state index in [9.17, 15) is 0 Å². The number of nitrogens with zero attached hydrogens (tertiary/aromatic N) is 2. The van der Waals surface area contributed by atoms with Gasteiger partial charge in [-0.05, 0) is 104 Å². The summed E-state index contributed by atoms with van der Waals surface area (Å²) in [5.41, 5.74) is 21.4. The number of fused-ring (bicyclic) bond motifs is 15. The second-order valence-electron chi connectivity index (χ2n) is 18.7. The maximum atomic E-state index is 2.54. The van der Waals surface area contributed by atoms with Crippen LogP contribution in [0.25, 0.3) is 92.2 Å². The molecule has 1 unspecified atom stereocenters. The van der Waals surface area contributed by atoms with Crippen molar-refractivity contribution >= 4 is 70.4 Å². The molecule has 0 saturated carbocycles. The molecule has 1 spiro atoms. The molecule has 1 aliphatic heterocycles. The fraction of sp³-hybridized carbons (Fsp3) is 0.0149. The molecule has 0 fully saturated rings. The average molecular weight is 907 g/mol. The molecule has 1 aliphatic carbocycles. The molecule has 0 radical (unpaired) electrons. The molecule has 2 aliphatic rings. The molecule has 0 N–H and O–H groups in total. The Labute approximate surface area is 410 Å². The summed E-state index contributed by atoms with van der Waals surface area (Å²) in [5, 5.41) is 5.18. The second-order valence-corrected chi connectivity index (χ2v) is 19.7. The van der Waals surface area contributed by atoms with Gasteiger partial charge in [0.2, 0.25) is 0 Å². The summed E-state index contributed by atoms with van der Waals surface area (Å²) in [4.78, 5) is 2.54. The van der Waals surface area contributed by atoms with Crippen LogP contribution in [0, 0.1) is 0 Å². The first-order chi connectivity index (χ1) is 34.8. The monoisotopic (exact) mass is 906 g/mol. The summed E-state index contributed by atoms with van der Waals surface area (Å²) < 4.78 is 5.15. The van der Waals surface area contributed by atoms with Gasteiger partial charge >= 0.3 is 0 Å². The van der Waals surface area contributed by atoms with Gasteiger partial charge in [0.1, 0.15) is 0 Å². The van der Waals surface area contributed by atoms with Crippen LogP contribution in [0.4, 0.5) is 17.1 Å². The molecule has 1 atom stereocenters. The van der Waals surface area contributed by atoms with E-state index in [4.69, 9.17) is 0 Å². The van der Waals surface area contributed by atoms with E-state index in [0.29, 0.717) is 0 Å². The van der Waals surface area contributed by atoms with Crippen molar-refractivity contribution in [3.8, 4) is 50.2 Å². The van der Waals surface area contributed by atoms with Crippen molar-refractivity contribution in [2.24, 2.45) is 0 Å². The van der Waals surface area contributed by atoms with Gasteiger partial charge < -0.3 is 9.47 Å². The van der Waals surface area contributed by atoms with E-state index >= 15 is 0 Å². The van der Waals surface area contributed by atoms with E-state index in [1.165, 1.54) is 109 Å². The first-order valence-corrected chi connectivity index (χ1v) is 25.0. The lowest BCUT2D eigenvalue weighted by Crippen LogP contribution is -2.33. The Morgan fingerprint density at radius 3 is 1.79 bits per heavy atom. The summed E-state index contributed by atoms with van der Waals surface area (Å²) in [6.07, 6.45) is 0. The maximum Gasteiger partial charge on any atom is 0.0755 e. The Kier molecular flexibility index (Phi) is 8.48. The Balaban J connectivity index is 1.01. The first-order valence-electron chi connectivity index (χ1n) is 24.2. The van der Waals surface area contributed by atoms with Gasteiger partial charge in [-0.1, -0.05) is 206 Å². The minimum absolute atomic E-state index is 0.584. The summed E-state index contributed by atoms with van der Waals surface area (Å²) in [6, 6.07) is 94.9. The first kappa shape index (κ1) is 39.3. The Bertz CT molecular complexity index is 4250. The molecular formula is C67H42N2S. The zero-order valence-corrected chi connectivity index (χ0v) is 38.9. The molecule has 0 saturated heterocycles. The van der Waals surface area contributed by atoms with Gasteiger partial charge in [-0.2, -0.15) is 0 Å². The quantitative estimate of drug-likeness (QED) is 0.161. The topological polar surface area (TPSA) is 8.17 Å². The van der Waals surface area contributed by atoms with Gasteiger partial charge in [-0.3, -0.25) is 0 Å². The van der Waals surface area contributed by atoms with Crippen molar-refractivity contribution in [3.05, 3.63) is 277 Å². The third-order valence-corrected chi connectivity index (χ3v) is 16.4. The summed E-state index contributed by atoms with van der Waals surface area (Å²) in [7, 11) is 0. The van der Waals surface area contributed by atoms with E-state index in [-0.39, 0.29) is 0 Å². The van der Waals surface area contributed by atoms with Gasteiger partial charge in [0.15, 0.2) is 0 Å². The highest BCUT2D eigenvalue weighted by molar-refractivity contribution is 7.25. The van der Waals surface area contributed by atoms with Crippen molar-refractivity contribution in [1.82, 2.24) is 4.57 Å². The fourth-order valence-corrected chi connectivity index (χ4v) is 13.6. The Morgan fingerprint density at radius 1 is 0.343 bits per heavy atom. The minimum atomic E-state index is -0.584. The predicted octanol–water partition coefficient (Wildman–Crippen LogP) is 18.3.